The Morgan fingerprint density at radius 3 is 2.61 bits per heavy atom. The van der Waals surface area contributed by atoms with Gasteiger partial charge in [0, 0.05) is 6.04 Å². The van der Waals surface area contributed by atoms with Gasteiger partial charge in [-0.1, -0.05) is 18.2 Å². The summed E-state index contributed by atoms with van der Waals surface area (Å²) in [6, 6.07) is 9.56. The molecule has 4 heteroatoms. The number of aliphatic carboxylic acids is 1. The Labute approximate surface area is 107 Å². The summed E-state index contributed by atoms with van der Waals surface area (Å²) in [4.78, 5) is 11.2. The highest BCUT2D eigenvalue weighted by Gasteiger charge is 2.44. The van der Waals surface area contributed by atoms with E-state index in [9.17, 15) is 9.90 Å². The Kier molecular flexibility index (Phi) is 3.87. The van der Waals surface area contributed by atoms with Crippen LogP contribution >= 0.6 is 0 Å². The number of benzene rings is 1. The van der Waals surface area contributed by atoms with Crippen LogP contribution in [0.2, 0.25) is 0 Å². The molecule has 98 valence electrons. The predicted molar refractivity (Wildman–Crippen MR) is 68.8 cm³/mol. The SMILES string of the molecule is CC(COc1ccccc1)NC1(C(=O)O)CCC1. The molecule has 1 saturated carbocycles. The maximum atomic E-state index is 11.2. The van der Waals surface area contributed by atoms with E-state index in [1.807, 2.05) is 37.3 Å². The van der Waals surface area contributed by atoms with Crippen molar-refractivity contribution in [2.24, 2.45) is 0 Å². The van der Waals surface area contributed by atoms with Gasteiger partial charge in [0.15, 0.2) is 0 Å². The van der Waals surface area contributed by atoms with Gasteiger partial charge in [-0.25, -0.2) is 0 Å². The number of hydrogen-bond donors (Lipinski definition) is 2. The molecule has 4 nitrogen and oxygen atoms in total. The average molecular weight is 249 g/mol. The molecule has 18 heavy (non-hydrogen) atoms. The van der Waals surface area contributed by atoms with Crippen molar-refractivity contribution in [2.75, 3.05) is 6.61 Å². The third-order valence-corrected chi connectivity index (χ3v) is 3.38. The van der Waals surface area contributed by atoms with Gasteiger partial charge < -0.3 is 9.84 Å². The summed E-state index contributed by atoms with van der Waals surface area (Å²) in [5.74, 6) is 0.0597. The first kappa shape index (κ1) is 12.9. The highest BCUT2D eigenvalue weighted by molar-refractivity contribution is 5.80. The summed E-state index contributed by atoms with van der Waals surface area (Å²) < 4.78 is 5.61. The first-order valence-corrected chi connectivity index (χ1v) is 6.31. The number of rotatable bonds is 6. The van der Waals surface area contributed by atoms with Crippen molar-refractivity contribution in [3.05, 3.63) is 30.3 Å². The zero-order chi connectivity index (χ0) is 13.0. The van der Waals surface area contributed by atoms with Gasteiger partial charge in [0.1, 0.15) is 17.9 Å². The van der Waals surface area contributed by atoms with Crippen molar-refractivity contribution in [2.45, 2.75) is 37.8 Å². The van der Waals surface area contributed by atoms with E-state index in [-0.39, 0.29) is 6.04 Å². The summed E-state index contributed by atoms with van der Waals surface area (Å²) in [7, 11) is 0. The van der Waals surface area contributed by atoms with Gasteiger partial charge in [-0.2, -0.15) is 0 Å². The zero-order valence-corrected chi connectivity index (χ0v) is 10.6. The van der Waals surface area contributed by atoms with Crippen LogP contribution in [0.5, 0.6) is 5.75 Å². The number of carboxylic acid groups (broad SMARTS) is 1. The molecule has 2 N–H and O–H groups in total. The standard InChI is InChI=1S/C14H19NO3/c1-11(10-18-12-6-3-2-4-7-12)15-14(13(16)17)8-5-9-14/h2-4,6-7,11,15H,5,8-10H2,1H3,(H,16,17). The largest absolute Gasteiger partial charge is 0.492 e. The summed E-state index contributed by atoms with van der Waals surface area (Å²) in [6.07, 6.45) is 2.39. The first-order chi connectivity index (χ1) is 8.62. The Morgan fingerprint density at radius 1 is 1.44 bits per heavy atom. The first-order valence-electron chi connectivity index (χ1n) is 6.31. The molecule has 0 spiro atoms. The van der Waals surface area contributed by atoms with Crippen molar-refractivity contribution >= 4 is 5.97 Å². The lowest BCUT2D eigenvalue weighted by Gasteiger charge is -2.40. The maximum absolute atomic E-state index is 11.2. The van der Waals surface area contributed by atoms with E-state index in [2.05, 4.69) is 5.32 Å². The molecule has 0 radical (unpaired) electrons. The van der Waals surface area contributed by atoms with Gasteiger partial charge in [-0.05, 0) is 38.3 Å². The maximum Gasteiger partial charge on any atom is 0.323 e. The molecule has 0 heterocycles. The van der Waals surface area contributed by atoms with E-state index < -0.39 is 11.5 Å². The summed E-state index contributed by atoms with van der Waals surface area (Å²) in [6.45, 7) is 2.42. The molecular formula is C14H19NO3. The molecule has 2 rings (SSSR count). The smallest absolute Gasteiger partial charge is 0.323 e. The molecule has 1 aromatic carbocycles. The van der Waals surface area contributed by atoms with Crippen LogP contribution in [0.1, 0.15) is 26.2 Å². The van der Waals surface area contributed by atoms with Gasteiger partial charge in [0.2, 0.25) is 0 Å². The minimum absolute atomic E-state index is 0.0154. The summed E-state index contributed by atoms with van der Waals surface area (Å²) >= 11 is 0. The van der Waals surface area contributed by atoms with E-state index in [0.717, 1.165) is 12.2 Å². The topological polar surface area (TPSA) is 58.6 Å². The van der Waals surface area contributed by atoms with E-state index in [4.69, 9.17) is 4.74 Å². The normalized spacial score (nSPS) is 18.7. The van der Waals surface area contributed by atoms with Gasteiger partial charge >= 0.3 is 5.97 Å². The molecule has 0 aromatic heterocycles. The van der Waals surface area contributed by atoms with Crippen molar-refractivity contribution in [1.82, 2.24) is 5.32 Å². The molecule has 1 atom stereocenters. The number of nitrogens with one attached hydrogen (secondary N) is 1. The van der Waals surface area contributed by atoms with Crippen molar-refractivity contribution < 1.29 is 14.6 Å². The van der Waals surface area contributed by atoms with E-state index in [1.54, 1.807) is 0 Å². The number of hydrogen-bond acceptors (Lipinski definition) is 3. The Bertz CT molecular complexity index is 401. The minimum atomic E-state index is -0.750. The fraction of sp³-hybridized carbons (Fsp3) is 0.500. The monoisotopic (exact) mass is 249 g/mol. The lowest BCUT2D eigenvalue weighted by atomic mass is 9.76. The molecule has 0 aliphatic heterocycles. The van der Waals surface area contributed by atoms with E-state index in [0.29, 0.717) is 19.4 Å². The summed E-state index contributed by atoms with van der Waals surface area (Å²) in [5.41, 5.74) is -0.723. The average Bonchev–Trinajstić information content (AvgIpc) is 2.32. The molecule has 0 amide bonds. The van der Waals surface area contributed by atoms with Crippen molar-refractivity contribution in [3.8, 4) is 5.75 Å². The number of carboxylic acids is 1. The Balaban J connectivity index is 1.82. The van der Waals surface area contributed by atoms with Crippen molar-refractivity contribution in [3.63, 3.8) is 0 Å². The van der Waals surface area contributed by atoms with Gasteiger partial charge in [-0.15, -0.1) is 0 Å². The lowest BCUT2D eigenvalue weighted by molar-refractivity contribution is -0.149. The molecule has 1 aliphatic rings. The number of ether oxygens (including phenoxy) is 1. The van der Waals surface area contributed by atoms with Crippen LogP contribution in [-0.4, -0.2) is 29.3 Å². The number of para-hydroxylation sites is 1. The number of carbonyl (C=O) groups is 1. The van der Waals surface area contributed by atoms with Crippen molar-refractivity contribution in [1.29, 1.82) is 0 Å². The second-order valence-corrected chi connectivity index (χ2v) is 4.91. The molecule has 1 unspecified atom stereocenters. The third-order valence-electron chi connectivity index (χ3n) is 3.38. The van der Waals surface area contributed by atoms with Crippen LogP contribution in [-0.2, 0) is 4.79 Å². The highest BCUT2D eigenvalue weighted by Crippen LogP contribution is 2.32. The molecule has 1 fully saturated rings. The molecule has 0 bridgehead atoms. The van der Waals surface area contributed by atoms with E-state index >= 15 is 0 Å². The van der Waals surface area contributed by atoms with Crippen LogP contribution < -0.4 is 10.1 Å². The van der Waals surface area contributed by atoms with Crippen LogP contribution in [0.3, 0.4) is 0 Å². The van der Waals surface area contributed by atoms with Crippen LogP contribution in [0, 0.1) is 0 Å². The highest BCUT2D eigenvalue weighted by atomic mass is 16.5. The molecule has 1 aliphatic carbocycles. The molecular weight excluding hydrogens is 230 g/mol. The minimum Gasteiger partial charge on any atom is -0.492 e. The fourth-order valence-electron chi connectivity index (χ4n) is 2.20. The lowest BCUT2D eigenvalue weighted by Crippen LogP contribution is -2.60. The fourth-order valence-corrected chi connectivity index (χ4v) is 2.20. The van der Waals surface area contributed by atoms with Gasteiger partial charge in [0.25, 0.3) is 0 Å². The second-order valence-electron chi connectivity index (χ2n) is 4.91. The van der Waals surface area contributed by atoms with Crippen LogP contribution in [0.15, 0.2) is 30.3 Å². The van der Waals surface area contributed by atoms with Gasteiger partial charge in [0.05, 0.1) is 0 Å². The van der Waals surface area contributed by atoms with Crippen LogP contribution in [0.4, 0.5) is 0 Å². The quantitative estimate of drug-likeness (QED) is 0.810. The van der Waals surface area contributed by atoms with Crippen LogP contribution in [0.25, 0.3) is 0 Å². The molecule has 1 aromatic rings. The van der Waals surface area contributed by atoms with E-state index in [1.165, 1.54) is 0 Å². The molecule has 0 saturated heterocycles. The zero-order valence-electron chi connectivity index (χ0n) is 10.6. The predicted octanol–water partition coefficient (Wildman–Crippen LogP) is 2.05. The Hall–Kier alpha value is -1.55. The third kappa shape index (κ3) is 2.82. The van der Waals surface area contributed by atoms with Gasteiger partial charge in [-0.3, -0.25) is 10.1 Å². The Morgan fingerprint density at radius 2 is 2.11 bits per heavy atom. The second kappa shape index (κ2) is 5.40. The summed E-state index contributed by atoms with van der Waals surface area (Å²) in [5, 5.41) is 12.4.